The van der Waals surface area contributed by atoms with Gasteiger partial charge >= 0.3 is 0 Å². The van der Waals surface area contributed by atoms with E-state index in [0.29, 0.717) is 12.1 Å². The van der Waals surface area contributed by atoms with Crippen LogP contribution in [0.1, 0.15) is 38.3 Å². The van der Waals surface area contributed by atoms with E-state index in [1.165, 1.54) is 18.4 Å². The lowest BCUT2D eigenvalue weighted by Crippen LogP contribution is -2.41. The molecule has 88 valence electrons. The van der Waals surface area contributed by atoms with Gasteiger partial charge in [-0.1, -0.05) is 19.1 Å². The summed E-state index contributed by atoms with van der Waals surface area (Å²) in [5.41, 5.74) is 1.33. The van der Waals surface area contributed by atoms with Gasteiger partial charge in [0.15, 0.2) is 0 Å². The molecule has 0 aliphatic heterocycles. The van der Waals surface area contributed by atoms with Crippen molar-refractivity contribution in [3.63, 3.8) is 0 Å². The van der Waals surface area contributed by atoms with Gasteiger partial charge in [-0.3, -0.25) is 0 Å². The number of hydrogen-bond donors (Lipinski definition) is 1. The van der Waals surface area contributed by atoms with Crippen molar-refractivity contribution in [3.8, 4) is 5.75 Å². The molecule has 0 heterocycles. The fourth-order valence-corrected chi connectivity index (χ4v) is 2.38. The fourth-order valence-electron chi connectivity index (χ4n) is 2.38. The fraction of sp³-hybridized carbons (Fsp3) is 0.571. The van der Waals surface area contributed by atoms with Crippen LogP contribution in [0.5, 0.6) is 5.75 Å². The summed E-state index contributed by atoms with van der Waals surface area (Å²) in [6, 6.07) is 9.47. The van der Waals surface area contributed by atoms with Crippen molar-refractivity contribution in [1.82, 2.24) is 5.32 Å². The van der Waals surface area contributed by atoms with E-state index in [2.05, 4.69) is 31.3 Å². The van der Waals surface area contributed by atoms with Gasteiger partial charge in [0.1, 0.15) is 5.75 Å². The summed E-state index contributed by atoms with van der Waals surface area (Å²) in [4.78, 5) is 0. The molecule has 16 heavy (non-hydrogen) atoms. The molecule has 1 saturated carbocycles. The van der Waals surface area contributed by atoms with E-state index in [0.717, 1.165) is 11.7 Å². The van der Waals surface area contributed by atoms with E-state index < -0.39 is 0 Å². The Hall–Kier alpha value is -1.02. The molecule has 1 aliphatic carbocycles. The van der Waals surface area contributed by atoms with Crippen molar-refractivity contribution in [2.75, 3.05) is 7.11 Å². The smallest absolute Gasteiger partial charge is 0.118 e. The van der Waals surface area contributed by atoms with E-state index >= 15 is 0 Å². The molecule has 0 saturated heterocycles. The molecule has 2 heteroatoms. The highest BCUT2D eigenvalue weighted by atomic mass is 16.5. The zero-order valence-electron chi connectivity index (χ0n) is 10.4. The molecule has 1 aliphatic rings. The Bertz CT molecular complexity index is 327. The second kappa shape index (κ2) is 4.88. The summed E-state index contributed by atoms with van der Waals surface area (Å²) in [7, 11) is 1.70. The molecule has 1 N–H and O–H groups in total. The molecule has 1 fully saturated rings. The average Bonchev–Trinajstić information content (AvgIpc) is 2.27. The SMILES string of the molecule is COc1ccc([C@@H](C)NC2CC(C)C2)cc1. The molecule has 2 nitrogen and oxygen atoms in total. The summed E-state index contributed by atoms with van der Waals surface area (Å²) in [5, 5.41) is 3.66. The Morgan fingerprint density at radius 3 is 2.38 bits per heavy atom. The Balaban J connectivity index is 1.90. The van der Waals surface area contributed by atoms with Crippen LogP contribution >= 0.6 is 0 Å². The third kappa shape index (κ3) is 2.56. The maximum atomic E-state index is 5.16. The summed E-state index contributed by atoms with van der Waals surface area (Å²) in [6.45, 7) is 4.54. The highest BCUT2D eigenvalue weighted by Crippen LogP contribution is 2.28. The predicted octanol–water partition coefficient (Wildman–Crippen LogP) is 3.14. The highest BCUT2D eigenvalue weighted by molar-refractivity contribution is 5.28. The third-order valence-corrected chi connectivity index (χ3v) is 3.48. The van der Waals surface area contributed by atoms with Crippen molar-refractivity contribution in [2.45, 2.75) is 38.8 Å². The molecular formula is C14H21NO. The van der Waals surface area contributed by atoms with E-state index in [1.807, 2.05) is 12.1 Å². The summed E-state index contributed by atoms with van der Waals surface area (Å²) in [5.74, 6) is 1.83. The van der Waals surface area contributed by atoms with Crippen LogP contribution in [0.15, 0.2) is 24.3 Å². The Kier molecular flexibility index (Phi) is 3.49. The average molecular weight is 219 g/mol. The maximum Gasteiger partial charge on any atom is 0.118 e. The van der Waals surface area contributed by atoms with E-state index in [-0.39, 0.29) is 0 Å². The van der Waals surface area contributed by atoms with Gasteiger partial charge in [0.2, 0.25) is 0 Å². The molecule has 2 rings (SSSR count). The molecule has 1 aromatic carbocycles. The van der Waals surface area contributed by atoms with Gasteiger partial charge in [0.25, 0.3) is 0 Å². The monoisotopic (exact) mass is 219 g/mol. The van der Waals surface area contributed by atoms with Gasteiger partial charge in [-0.15, -0.1) is 0 Å². The number of ether oxygens (including phenoxy) is 1. The minimum atomic E-state index is 0.434. The van der Waals surface area contributed by atoms with Crippen molar-refractivity contribution in [1.29, 1.82) is 0 Å². The molecule has 0 radical (unpaired) electrons. The first kappa shape index (κ1) is 11.5. The zero-order chi connectivity index (χ0) is 11.5. The van der Waals surface area contributed by atoms with Gasteiger partial charge in [0.05, 0.1) is 7.11 Å². The summed E-state index contributed by atoms with van der Waals surface area (Å²) < 4.78 is 5.16. The normalized spacial score (nSPS) is 25.9. The predicted molar refractivity (Wildman–Crippen MR) is 66.7 cm³/mol. The minimum absolute atomic E-state index is 0.434. The molecule has 0 bridgehead atoms. The number of hydrogen-bond acceptors (Lipinski definition) is 2. The van der Waals surface area contributed by atoms with E-state index in [9.17, 15) is 0 Å². The Labute approximate surface area is 98.0 Å². The van der Waals surface area contributed by atoms with Crippen LogP contribution in [0.4, 0.5) is 0 Å². The molecular weight excluding hydrogens is 198 g/mol. The molecule has 0 amide bonds. The first-order chi connectivity index (χ1) is 7.69. The van der Waals surface area contributed by atoms with Gasteiger partial charge in [-0.25, -0.2) is 0 Å². The largest absolute Gasteiger partial charge is 0.497 e. The second-order valence-electron chi connectivity index (χ2n) is 4.94. The number of nitrogens with one attached hydrogen (secondary N) is 1. The second-order valence-corrected chi connectivity index (χ2v) is 4.94. The lowest BCUT2D eigenvalue weighted by atomic mass is 9.81. The highest BCUT2D eigenvalue weighted by Gasteiger charge is 2.26. The lowest BCUT2D eigenvalue weighted by Gasteiger charge is -2.35. The van der Waals surface area contributed by atoms with E-state index in [4.69, 9.17) is 4.74 Å². The third-order valence-electron chi connectivity index (χ3n) is 3.48. The molecule has 0 aromatic heterocycles. The molecule has 1 atom stereocenters. The van der Waals surface area contributed by atoms with Crippen LogP contribution in [0.2, 0.25) is 0 Å². The summed E-state index contributed by atoms with van der Waals surface area (Å²) in [6.07, 6.45) is 2.64. The van der Waals surface area contributed by atoms with Crippen molar-refractivity contribution in [3.05, 3.63) is 29.8 Å². The van der Waals surface area contributed by atoms with Crippen molar-refractivity contribution >= 4 is 0 Å². The Morgan fingerprint density at radius 2 is 1.88 bits per heavy atom. The van der Waals surface area contributed by atoms with Gasteiger partial charge in [0, 0.05) is 12.1 Å². The van der Waals surface area contributed by atoms with Gasteiger partial charge in [-0.05, 0) is 43.4 Å². The number of methoxy groups -OCH3 is 1. The first-order valence-corrected chi connectivity index (χ1v) is 6.09. The quantitative estimate of drug-likeness (QED) is 0.840. The van der Waals surface area contributed by atoms with Crippen LogP contribution in [-0.4, -0.2) is 13.2 Å². The number of benzene rings is 1. The van der Waals surface area contributed by atoms with Gasteiger partial charge in [-0.2, -0.15) is 0 Å². The topological polar surface area (TPSA) is 21.3 Å². The van der Waals surface area contributed by atoms with Crippen LogP contribution in [0, 0.1) is 5.92 Å². The van der Waals surface area contributed by atoms with Crippen molar-refractivity contribution in [2.24, 2.45) is 5.92 Å². The number of rotatable bonds is 4. The maximum absolute atomic E-state index is 5.16. The summed E-state index contributed by atoms with van der Waals surface area (Å²) >= 11 is 0. The molecule has 0 unspecified atom stereocenters. The van der Waals surface area contributed by atoms with Crippen LogP contribution in [-0.2, 0) is 0 Å². The Morgan fingerprint density at radius 1 is 1.25 bits per heavy atom. The van der Waals surface area contributed by atoms with Crippen LogP contribution < -0.4 is 10.1 Å². The lowest BCUT2D eigenvalue weighted by molar-refractivity contribution is 0.226. The van der Waals surface area contributed by atoms with Crippen LogP contribution in [0.3, 0.4) is 0 Å². The molecule has 0 spiro atoms. The minimum Gasteiger partial charge on any atom is -0.497 e. The standard InChI is InChI=1S/C14H21NO/c1-10-8-13(9-10)15-11(2)12-4-6-14(16-3)7-5-12/h4-7,10-11,13,15H,8-9H2,1-3H3/t10?,11-,13?/m1/s1. The first-order valence-electron chi connectivity index (χ1n) is 6.09. The van der Waals surface area contributed by atoms with Crippen LogP contribution in [0.25, 0.3) is 0 Å². The van der Waals surface area contributed by atoms with E-state index in [1.54, 1.807) is 7.11 Å². The zero-order valence-corrected chi connectivity index (χ0v) is 10.4. The molecule has 1 aromatic rings. The van der Waals surface area contributed by atoms with Gasteiger partial charge < -0.3 is 10.1 Å². The van der Waals surface area contributed by atoms with Crippen molar-refractivity contribution < 1.29 is 4.74 Å².